The first-order chi connectivity index (χ1) is 8.58. The Labute approximate surface area is 118 Å². The summed E-state index contributed by atoms with van der Waals surface area (Å²) in [5, 5.41) is 3.83. The van der Waals surface area contributed by atoms with Gasteiger partial charge in [0, 0.05) is 24.1 Å². The van der Waals surface area contributed by atoms with Crippen molar-refractivity contribution in [2.75, 3.05) is 6.61 Å². The van der Waals surface area contributed by atoms with E-state index in [0.29, 0.717) is 18.2 Å². The third-order valence-corrected chi connectivity index (χ3v) is 5.02. The van der Waals surface area contributed by atoms with E-state index in [0.717, 1.165) is 19.4 Å². The van der Waals surface area contributed by atoms with Crippen molar-refractivity contribution in [3.8, 4) is 0 Å². The number of hydrogen-bond donors (Lipinski definition) is 1. The van der Waals surface area contributed by atoms with Crippen LogP contribution in [0.25, 0.3) is 0 Å². The largest absolute Gasteiger partial charge is 0.378 e. The average Bonchev–Trinajstić information content (AvgIpc) is 2.45. The van der Waals surface area contributed by atoms with Crippen LogP contribution in [0.1, 0.15) is 61.3 Å². The first kappa shape index (κ1) is 15.3. The molecule has 1 N–H and O–H groups in total. The van der Waals surface area contributed by atoms with Gasteiger partial charge < -0.3 is 14.8 Å². The fraction of sp³-hybridized carbons (Fsp3) is 1.00. The highest BCUT2D eigenvalue weighted by molar-refractivity contribution is 5.07. The predicted molar refractivity (Wildman–Crippen MR) is 78.4 cm³/mol. The van der Waals surface area contributed by atoms with E-state index in [-0.39, 0.29) is 16.6 Å². The van der Waals surface area contributed by atoms with Gasteiger partial charge in [0.05, 0.1) is 17.3 Å². The van der Waals surface area contributed by atoms with Crippen molar-refractivity contribution in [3.63, 3.8) is 0 Å². The van der Waals surface area contributed by atoms with E-state index in [9.17, 15) is 0 Å². The molecule has 0 amide bonds. The summed E-state index contributed by atoms with van der Waals surface area (Å²) in [6.07, 6.45) is 2.59. The first-order valence-electron chi connectivity index (χ1n) is 7.66. The summed E-state index contributed by atoms with van der Waals surface area (Å²) in [6, 6.07) is 0.958. The van der Waals surface area contributed by atoms with Gasteiger partial charge in [-0.15, -0.1) is 0 Å². The molecule has 0 bridgehead atoms. The third kappa shape index (κ3) is 2.84. The molecule has 1 saturated carbocycles. The fourth-order valence-electron chi connectivity index (χ4n) is 3.72. The second-order valence-electron chi connectivity index (χ2n) is 7.94. The molecule has 3 nitrogen and oxygen atoms in total. The van der Waals surface area contributed by atoms with Crippen LogP contribution in [0.15, 0.2) is 0 Å². The van der Waals surface area contributed by atoms with E-state index in [1.54, 1.807) is 0 Å². The summed E-state index contributed by atoms with van der Waals surface area (Å²) in [6.45, 7) is 16.3. The zero-order valence-corrected chi connectivity index (χ0v) is 13.7. The standard InChI is InChI=1S/C16H31NO2/c1-8-18-13-9-11(15(13,4)5)17-12-10-14(2,3)19-16(12,6)7/h11-13,17H,8-10H2,1-7H3. The Kier molecular flexibility index (Phi) is 3.79. The van der Waals surface area contributed by atoms with Gasteiger partial charge in [-0.25, -0.2) is 0 Å². The Morgan fingerprint density at radius 1 is 1.11 bits per heavy atom. The van der Waals surface area contributed by atoms with Gasteiger partial charge in [-0.05, 0) is 47.5 Å². The van der Waals surface area contributed by atoms with Gasteiger partial charge in [0.2, 0.25) is 0 Å². The van der Waals surface area contributed by atoms with Crippen molar-refractivity contribution in [1.82, 2.24) is 5.32 Å². The van der Waals surface area contributed by atoms with Crippen LogP contribution in [0.3, 0.4) is 0 Å². The summed E-state index contributed by atoms with van der Waals surface area (Å²) in [7, 11) is 0. The SMILES string of the molecule is CCOC1CC(NC2CC(C)(C)OC2(C)C)C1(C)C. The van der Waals surface area contributed by atoms with Crippen LogP contribution < -0.4 is 5.32 Å². The second kappa shape index (κ2) is 4.71. The molecule has 2 rings (SSSR count). The number of ether oxygens (including phenoxy) is 2. The van der Waals surface area contributed by atoms with Crippen LogP contribution in [0, 0.1) is 5.41 Å². The number of hydrogen-bond acceptors (Lipinski definition) is 3. The molecule has 0 aromatic heterocycles. The Bertz CT molecular complexity index is 336. The molecular formula is C16H31NO2. The highest BCUT2D eigenvalue weighted by atomic mass is 16.5. The van der Waals surface area contributed by atoms with Crippen molar-refractivity contribution >= 4 is 0 Å². The normalized spacial score (nSPS) is 39.0. The maximum Gasteiger partial charge on any atom is 0.0787 e. The molecule has 19 heavy (non-hydrogen) atoms. The molecule has 2 fully saturated rings. The minimum absolute atomic E-state index is 0.0195. The van der Waals surface area contributed by atoms with Gasteiger partial charge >= 0.3 is 0 Å². The minimum atomic E-state index is -0.0870. The number of rotatable bonds is 4. The smallest absolute Gasteiger partial charge is 0.0787 e. The molecule has 1 aliphatic heterocycles. The maximum atomic E-state index is 6.17. The average molecular weight is 269 g/mol. The summed E-state index contributed by atoms with van der Waals surface area (Å²) in [5.74, 6) is 0. The van der Waals surface area contributed by atoms with Crippen molar-refractivity contribution in [2.45, 2.75) is 90.7 Å². The summed E-state index contributed by atoms with van der Waals surface area (Å²) in [5.41, 5.74) is 0.115. The van der Waals surface area contributed by atoms with Crippen LogP contribution >= 0.6 is 0 Å². The molecule has 3 heteroatoms. The van der Waals surface area contributed by atoms with Crippen molar-refractivity contribution in [1.29, 1.82) is 0 Å². The van der Waals surface area contributed by atoms with Crippen LogP contribution in [-0.2, 0) is 9.47 Å². The van der Waals surface area contributed by atoms with Gasteiger partial charge in [-0.3, -0.25) is 0 Å². The lowest BCUT2D eigenvalue weighted by Gasteiger charge is -2.53. The van der Waals surface area contributed by atoms with E-state index in [1.165, 1.54) is 0 Å². The third-order valence-electron chi connectivity index (χ3n) is 5.02. The van der Waals surface area contributed by atoms with Crippen LogP contribution in [0.2, 0.25) is 0 Å². The van der Waals surface area contributed by atoms with E-state index < -0.39 is 0 Å². The molecule has 1 saturated heterocycles. The van der Waals surface area contributed by atoms with Crippen LogP contribution in [0.5, 0.6) is 0 Å². The Hall–Kier alpha value is -0.120. The minimum Gasteiger partial charge on any atom is -0.378 e. The lowest BCUT2D eigenvalue weighted by Crippen LogP contribution is -2.64. The van der Waals surface area contributed by atoms with Gasteiger partial charge in [0.25, 0.3) is 0 Å². The monoisotopic (exact) mass is 269 g/mol. The van der Waals surface area contributed by atoms with E-state index in [4.69, 9.17) is 9.47 Å². The Morgan fingerprint density at radius 3 is 2.16 bits per heavy atom. The van der Waals surface area contributed by atoms with E-state index in [2.05, 4.69) is 53.8 Å². The lowest BCUT2D eigenvalue weighted by atomic mass is 9.64. The second-order valence-corrected chi connectivity index (χ2v) is 7.94. The van der Waals surface area contributed by atoms with Gasteiger partial charge in [-0.2, -0.15) is 0 Å². The molecule has 1 aliphatic carbocycles. The Morgan fingerprint density at radius 2 is 1.74 bits per heavy atom. The molecule has 2 aliphatic rings. The topological polar surface area (TPSA) is 30.5 Å². The molecule has 3 atom stereocenters. The Balaban J connectivity index is 1.96. The zero-order chi connectivity index (χ0) is 14.5. The molecule has 112 valence electrons. The highest BCUT2D eigenvalue weighted by Gasteiger charge is 2.53. The molecule has 3 unspecified atom stereocenters. The predicted octanol–water partition coefficient (Wildman–Crippen LogP) is 3.13. The molecule has 0 aromatic carbocycles. The fourth-order valence-corrected chi connectivity index (χ4v) is 3.72. The van der Waals surface area contributed by atoms with Gasteiger partial charge in [-0.1, -0.05) is 13.8 Å². The number of nitrogens with one attached hydrogen (secondary N) is 1. The van der Waals surface area contributed by atoms with Crippen molar-refractivity contribution < 1.29 is 9.47 Å². The summed E-state index contributed by atoms with van der Waals surface area (Å²) in [4.78, 5) is 0. The molecular weight excluding hydrogens is 238 g/mol. The van der Waals surface area contributed by atoms with Crippen molar-refractivity contribution in [3.05, 3.63) is 0 Å². The molecule has 1 heterocycles. The quantitative estimate of drug-likeness (QED) is 0.850. The molecule has 0 aromatic rings. The van der Waals surface area contributed by atoms with Gasteiger partial charge in [0.1, 0.15) is 0 Å². The first-order valence-corrected chi connectivity index (χ1v) is 7.66. The van der Waals surface area contributed by atoms with Crippen LogP contribution in [0.4, 0.5) is 0 Å². The van der Waals surface area contributed by atoms with Gasteiger partial charge in [0.15, 0.2) is 0 Å². The molecule has 0 spiro atoms. The highest BCUT2D eigenvalue weighted by Crippen LogP contribution is 2.45. The zero-order valence-electron chi connectivity index (χ0n) is 13.7. The summed E-state index contributed by atoms with van der Waals surface area (Å²) >= 11 is 0. The van der Waals surface area contributed by atoms with Crippen LogP contribution in [-0.4, -0.2) is 36.0 Å². The van der Waals surface area contributed by atoms with Crippen molar-refractivity contribution in [2.24, 2.45) is 5.41 Å². The lowest BCUT2D eigenvalue weighted by molar-refractivity contribution is -0.122. The van der Waals surface area contributed by atoms with E-state index >= 15 is 0 Å². The molecule has 0 radical (unpaired) electrons. The van der Waals surface area contributed by atoms with E-state index in [1.807, 2.05) is 0 Å². The summed E-state index contributed by atoms with van der Waals surface area (Å²) < 4.78 is 12.0. The maximum absolute atomic E-state index is 6.17.